The standard InChI is InChI=1S/C13H13NS2/c1-8-3-4-9(2)12-11(8)14-13(16-12)10-5-6-15-7-10/h5-7H,3-4H2,1-2H3. The Labute approximate surface area is 103 Å². The van der Waals surface area contributed by atoms with Crippen molar-refractivity contribution in [3.8, 4) is 10.6 Å². The molecule has 2 aromatic heterocycles. The summed E-state index contributed by atoms with van der Waals surface area (Å²) in [4.78, 5) is 4.79. The zero-order valence-electron chi connectivity index (χ0n) is 9.41. The lowest BCUT2D eigenvalue weighted by Gasteiger charge is -2.05. The predicted molar refractivity (Wildman–Crippen MR) is 72.1 cm³/mol. The minimum Gasteiger partial charge on any atom is -0.236 e. The van der Waals surface area contributed by atoms with Crippen molar-refractivity contribution in [2.45, 2.75) is 26.7 Å². The summed E-state index contributed by atoms with van der Waals surface area (Å²) in [5.74, 6) is 0. The van der Waals surface area contributed by atoms with Crippen LogP contribution in [0.4, 0.5) is 0 Å². The normalized spacial score (nSPS) is 15.4. The summed E-state index contributed by atoms with van der Waals surface area (Å²) in [7, 11) is 0. The fourth-order valence-electron chi connectivity index (χ4n) is 2.02. The molecule has 3 heteroatoms. The van der Waals surface area contributed by atoms with E-state index in [0.717, 1.165) is 0 Å². The number of fused-ring (bicyclic) bond motifs is 1. The number of thiazole rings is 1. The van der Waals surface area contributed by atoms with E-state index in [4.69, 9.17) is 4.98 Å². The fourth-order valence-corrected chi connectivity index (χ4v) is 3.90. The lowest BCUT2D eigenvalue weighted by molar-refractivity contribution is 1.01. The molecule has 0 saturated heterocycles. The maximum Gasteiger partial charge on any atom is 0.125 e. The molecule has 0 radical (unpaired) electrons. The van der Waals surface area contributed by atoms with E-state index >= 15 is 0 Å². The highest BCUT2D eigenvalue weighted by Gasteiger charge is 2.11. The molecular weight excluding hydrogens is 234 g/mol. The number of hydrogen-bond acceptors (Lipinski definition) is 3. The van der Waals surface area contributed by atoms with Crippen molar-refractivity contribution in [3.05, 3.63) is 26.7 Å². The van der Waals surface area contributed by atoms with Crippen molar-refractivity contribution < 1.29 is 0 Å². The van der Waals surface area contributed by atoms with E-state index in [9.17, 15) is 0 Å². The first kappa shape index (κ1) is 10.2. The van der Waals surface area contributed by atoms with Crippen LogP contribution in [-0.2, 0) is 0 Å². The lowest BCUT2D eigenvalue weighted by Crippen LogP contribution is -2.28. The van der Waals surface area contributed by atoms with Gasteiger partial charge in [0.15, 0.2) is 0 Å². The molecule has 0 aliphatic heterocycles. The van der Waals surface area contributed by atoms with E-state index in [0.29, 0.717) is 0 Å². The highest BCUT2D eigenvalue weighted by molar-refractivity contribution is 7.13. The molecule has 1 aliphatic rings. The molecule has 82 valence electrons. The van der Waals surface area contributed by atoms with Gasteiger partial charge >= 0.3 is 0 Å². The molecule has 16 heavy (non-hydrogen) atoms. The first-order chi connectivity index (χ1) is 7.75. The van der Waals surface area contributed by atoms with E-state index in [1.807, 2.05) is 11.3 Å². The van der Waals surface area contributed by atoms with Crippen molar-refractivity contribution in [1.82, 2.24) is 4.98 Å². The molecule has 0 spiro atoms. The van der Waals surface area contributed by atoms with Crippen molar-refractivity contribution >= 4 is 33.8 Å². The molecule has 0 saturated carbocycles. The van der Waals surface area contributed by atoms with Crippen LogP contribution < -0.4 is 9.88 Å². The third kappa shape index (κ3) is 1.55. The van der Waals surface area contributed by atoms with Gasteiger partial charge in [0, 0.05) is 10.9 Å². The lowest BCUT2D eigenvalue weighted by atomic mass is 10.0. The van der Waals surface area contributed by atoms with Crippen molar-refractivity contribution in [3.63, 3.8) is 0 Å². The quantitative estimate of drug-likeness (QED) is 0.755. The Bertz CT molecular complexity index is 593. The van der Waals surface area contributed by atoms with E-state index in [2.05, 4.69) is 30.7 Å². The van der Waals surface area contributed by atoms with Gasteiger partial charge in [-0.1, -0.05) is 5.57 Å². The maximum absolute atomic E-state index is 4.79. The number of hydrogen-bond donors (Lipinski definition) is 0. The molecule has 1 aliphatic carbocycles. The van der Waals surface area contributed by atoms with Gasteiger partial charge in [-0.25, -0.2) is 4.98 Å². The molecular formula is C13H13NS2. The Hall–Kier alpha value is -0.930. The Morgan fingerprint density at radius 3 is 2.69 bits per heavy atom. The summed E-state index contributed by atoms with van der Waals surface area (Å²) in [5.41, 5.74) is 4.21. The molecule has 0 aromatic carbocycles. The summed E-state index contributed by atoms with van der Waals surface area (Å²) in [6.07, 6.45) is 2.37. The van der Waals surface area contributed by atoms with Crippen LogP contribution in [0.5, 0.6) is 0 Å². The first-order valence-electron chi connectivity index (χ1n) is 5.44. The highest BCUT2D eigenvalue weighted by atomic mass is 32.1. The fraction of sp³-hybridized carbons (Fsp3) is 0.308. The van der Waals surface area contributed by atoms with Gasteiger partial charge in [-0.05, 0) is 43.7 Å². The van der Waals surface area contributed by atoms with Gasteiger partial charge in [0.25, 0.3) is 0 Å². The summed E-state index contributed by atoms with van der Waals surface area (Å²) in [6, 6.07) is 2.15. The Balaban J connectivity index is 2.32. The van der Waals surface area contributed by atoms with Crippen LogP contribution in [0, 0.1) is 0 Å². The zero-order valence-corrected chi connectivity index (χ0v) is 11.0. The molecule has 0 amide bonds. The molecule has 3 rings (SSSR count). The van der Waals surface area contributed by atoms with Crippen molar-refractivity contribution in [1.29, 1.82) is 0 Å². The van der Waals surface area contributed by atoms with Gasteiger partial charge < -0.3 is 0 Å². The highest BCUT2D eigenvalue weighted by Crippen LogP contribution is 2.23. The Kier molecular flexibility index (Phi) is 2.45. The van der Waals surface area contributed by atoms with Crippen LogP contribution >= 0.6 is 22.7 Å². The van der Waals surface area contributed by atoms with Gasteiger partial charge in [-0.3, -0.25) is 0 Å². The van der Waals surface area contributed by atoms with Crippen LogP contribution in [0.15, 0.2) is 16.8 Å². The molecule has 0 atom stereocenters. The van der Waals surface area contributed by atoms with Gasteiger partial charge in [-0.2, -0.15) is 11.3 Å². The summed E-state index contributed by atoms with van der Waals surface area (Å²) in [6.45, 7) is 4.45. The minimum atomic E-state index is 1.17. The average Bonchev–Trinajstić information content (AvgIpc) is 2.90. The smallest absolute Gasteiger partial charge is 0.125 e. The van der Waals surface area contributed by atoms with Gasteiger partial charge in [0.1, 0.15) is 5.01 Å². The Morgan fingerprint density at radius 2 is 2.00 bits per heavy atom. The van der Waals surface area contributed by atoms with E-state index in [-0.39, 0.29) is 0 Å². The number of aromatic nitrogens is 1. The molecule has 0 unspecified atom stereocenters. The molecule has 1 nitrogen and oxygen atoms in total. The molecule has 2 heterocycles. The van der Waals surface area contributed by atoms with Crippen LogP contribution in [0.1, 0.15) is 26.7 Å². The summed E-state index contributed by atoms with van der Waals surface area (Å²) >= 11 is 3.58. The molecule has 0 fully saturated rings. The zero-order chi connectivity index (χ0) is 11.1. The topological polar surface area (TPSA) is 12.9 Å². The van der Waals surface area contributed by atoms with Gasteiger partial charge in [0.05, 0.1) is 9.88 Å². The average molecular weight is 247 g/mol. The second-order valence-corrected chi connectivity index (χ2v) is 6.05. The van der Waals surface area contributed by atoms with Crippen LogP contribution in [0.25, 0.3) is 21.7 Å². The maximum atomic E-state index is 4.79. The van der Waals surface area contributed by atoms with Crippen LogP contribution in [-0.4, -0.2) is 4.98 Å². The second kappa shape index (κ2) is 3.82. The van der Waals surface area contributed by atoms with Gasteiger partial charge in [-0.15, -0.1) is 11.3 Å². The monoisotopic (exact) mass is 247 g/mol. The molecule has 2 aromatic rings. The molecule has 0 bridgehead atoms. The van der Waals surface area contributed by atoms with E-state index in [1.54, 1.807) is 11.3 Å². The SMILES string of the molecule is CC1=c2nc(-c3ccsc3)sc2=C(C)CC1. The number of rotatable bonds is 1. The van der Waals surface area contributed by atoms with Crippen molar-refractivity contribution in [2.75, 3.05) is 0 Å². The third-order valence-corrected chi connectivity index (χ3v) is 5.01. The van der Waals surface area contributed by atoms with E-state index in [1.165, 1.54) is 44.4 Å². The summed E-state index contributed by atoms with van der Waals surface area (Å²) < 4.78 is 1.41. The van der Waals surface area contributed by atoms with Gasteiger partial charge in [0.2, 0.25) is 0 Å². The van der Waals surface area contributed by atoms with E-state index < -0.39 is 0 Å². The number of thiophene rings is 1. The predicted octanol–water partition coefficient (Wildman–Crippen LogP) is 3.01. The second-order valence-electron chi connectivity index (χ2n) is 4.27. The largest absolute Gasteiger partial charge is 0.236 e. The number of nitrogens with zero attached hydrogens (tertiary/aromatic N) is 1. The minimum absolute atomic E-state index is 1.17. The molecule has 0 N–H and O–H groups in total. The van der Waals surface area contributed by atoms with Crippen LogP contribution in [0.3, 0.4) is 0 Å². The first-order valence-corrected chi connectivity index (χ1v) is 7.20. The van der Waals surface area contributed by atoms with Crippen LogP contribution in [0.2, 0.25) is 0 Å². The third-order valence-electron chi connectivity index (χ3n) is 3.06. The Morgan fingerprint density at radius 1 is 1.19 bits per heavy atom. The van der Waals surface area contributed by atoms with Crippen molar-refractivity contribution in [2.24, 2.45) is 0 Å². The summed E-state index contributed by atoms with van der Waals surface area (Å²) in [5, 5.41) is 6.71.